The minimum absolute atomic E-state index is 0.136. The van der Waals surface area contributed by atoms with Gasteiger partial charge in [-0.25, -0.2) is 9.97 Å². The Morgan fingerprint density at radius 1 is 1.27 bits per heavy atom. The van der Waals surface area contributed by atoms with Crippen LogP contribution in [0.4, 0.5) is 5.82 Å². The first-order valence-corrected chi connectivity index (χ1v) is 11.2. The quantitative estimate of drug-likeness (QED) is 0.527. The molecule has 1 aliphatic heterocycles. The molecule has 2 aromatic heterocycles. The number of imidazole rings is 1. The summed E-state index contributed by atoms with van der Waals surface area (Å²) in [6, 6.07) is 13.5. The number of benzene rings is 1. The van der Waals surface area contributed by atoms with Gasteiger partial charge >= 0.3 is 0 Å². The van der Waals surface area contributed by atoms with E-state index in [2.05, 4.69) is 32.0 Å². The van der Waals surface area contributed by atoms with Crippen molar-refractivity contribution in [3.8, 4) is 11.3 Å². The van der Waals surface area contributed by atoms with Gasteiger partial charge in [-0.2, -0.15) is 0 Å². The minimum atomic E-state index is -0.350. The van der Waals surface area contributed by atoms with Gasteiger partial charge in [-0.15, -0.1) is 0 Å². The summed E-state index contributed by atoms with van der Waals surface area (Å²) in [7, 11) is 0. The zero-order valence-electron chi connectivity index (χ0n) is 16.6. The summed E-state index contributed by atoms with van der Waals surface area (Å²) in [5, 5.41) is 3.81. The smallest absolute Gasteiger partial charge is 0.238 e. The zero-order valence-corrected chi connectivity index (χ0v) is 18.2. The van der Waals surface area contributed by atoms with E-state index in [1.807, 2.05) is 31.3 Å². The number of thioether (sulfide) groups is 1. The number of rotatable bonds is 7. The van der Waals surface area contributed by atoms with Gasteiger partial charge in [0.05, 0.1) is 34.8 Å². The van der Waals surface area contributed by atoms with Gasteiger partial charge in [0.15, 0.2) is 5.16 Å². The van der Waals surface area contributed by atoms with Crippen LogP contribution in [0, 0.1) is 0 Å². The molecule has 2 atom stereocenters. The third-order valence-electron chi connectivity index (χ3n) is 4.93. The number of amides is 1. The molecule has 0 spiro atoms. The lowest BCUT2D eigenvalue weighted by molar-refractivity contribution is -0.115. The van der Waals surface area contributed by atoms with Crippen molar-refractivity contribution in [1.29, 1.82) is 0 Å². The molecule has 6 nitrogen and oxygen atoms in total. The molecular formula is C22H23ClN4O2S. The standard InChI is InChI=1S/C22H23ClN4O2S/c1-15(21(28)26-20-10-9-17(23)12-24-20)30-22-25-13-19(16-6-3-2-4-7-16)27(22)14-18-8-5-11-29-18/h2-4,6-7,9-10,12-13,15,18H,5,8,11,14H2,1H3,(H,24,26,28)/t15-,18+/m1/s1. The molecule has 3 heterocycles. The summed E-state index contributed by atoms with van der Waals surface area (Å²) >= 11 is 7.29. The average molecular weight is 443 g/mol. The molecule has 1 saturated heterocycles. The van der Waals surface area contributed by atoms with Crippen molar-refractivity contribution in [1.82, 2.24) is 14.5 Å². The Morgan fingerprint density at radius 3 is 2.80 bits per heavy atom. The third-order valence-corrected chi connectivity index (χ3v) is 6.26. The Hall–Kier alpha value is -2.35. The summed E-state index contributed by atoms with van der Waals surface area (Å²) in [6.07, 6.45) is 5.67. The normalized spacial score (nSPS) is 17.1. The molecular weight excluding hydrogens is 420 g/mol. The maximum absolute atomic E-state index is 12.7. The second-order valence-corrected chi connectivity index (χ2v) is 8.89. The van der Waals surface area contributed by atoms with E-state index >= 15 is 0 Å². The topological polar surface area (TPSA) is 69.0 Å². The first kappa shape index (κ1) is 20.9. The number of carbonyl (C=O) groups is 1. The van der Waals surface area contributed by atoms with Crippen molar-refractivity contribution in [3.63, 3.8) is 0 Å². The van der Waals surface area contributed by atoms with Crippen LogP contribution in [0.2, 0.25) is 5.02 Å². The van der Waals surface area contributed by atoms with Crippen LogP contribution in [0.5, 0.6) is 0 Å². The van der Waals surface area contributed by atoms with E-state index < -0.39 is 0 Å². The molecule has 8 heteroatoms. The van der Waals surface area contributed by atoms with Gasteiger partial charge in [0.2, 0.25) is 5.91 Å². The molecule has 30 heavy (non-hydrogen) atoms. The Kier molecular flexibility index (Phi) is 6.72. The molecule has 3 aromatic rings. The van der Waals surface area contributed by atoms with Crippen LogP contribution in [0.3, 0.4) is 0 Å². The monoisotopic (exact) mass is 442 g/mol. The molecule has 1 aliphatic rings. The summed E-state index contributed by atoms with van der Waals surface area (Å²) in [5.74, 6) is 0.340. The van der Waals surface area contributed by atoms with E-state index in [0.717, 1.165) is 42.4 Å². The Morgan fingerprint density at radius 2 is 2.10 bits per heavy atom. The van der Waals surface area contributed by atoms with Gasteiger partial charge in [0.25, 0.3) is 0 Å². The lowest BCUT2D eigenvalue weighted by atomic mass is 10.1. The number of aromatic nitrogens is 3. The number of carbonyl (C=O) groups excluding carboxylic acids is 1. The Balaban J connectivity index is 1.52. The van der Waals surface area contributed by atoms with Crippen LogP contribution in [0.25, 0.3) is 11.3 Å². The summed E-state index contributed by atoms with van der Waals surface area (Å²) in [4.78, 5) is 21.4. The molecule has 0 aliphatic carbocycles. The van der Waals surface area contributed by atoms with Gasteiger partial charge in [-0.3, -0.25) is 4.79 Å². The fourth-order valence-electron chi connectivity index (χ4n) is 3.35. The van der Waals surface area contributed by atoms with Crippen molar-refractivity contribution in [3.05, 3.63) is 59.9 Å². The number of hydrogen-bond acceptors (Lipinski definition) is 5. The third kappa shape index (κ3) is 5.03. The van der Waals surface area contributed by atoms with Crippen molar-refractivity contribution in [2.24, 2.45) is 0 Å². The van der Waals surface area contributed by atoms with Crippen LogP contribution in [0.15, 0.2) is 60.0 Å². The highest BCUT2D eigenvalue weighted by atomic mass is 35.5. The summed E-state index contributed by atoms with van der Waals surface area (Å²) in [6.45, 7) is 3.39. The number of anilines is 1. The molecule has 1 amide bonds. The maximum Gasteiger partial charge on any atom is 0.238 e. The first-order chi connectivity index (χ1) is 14.6. The van der Waals surface area contributed by atoms with Gasteiger partial charge in [-0.05, 0) is 37.5 Å². The van der Waals surface area contributed by atoms with Crippen molar-refractivity contribution in [2.75, 3.05) is 11.9 Å². The molecule has 0 saturated carbocycles. The largest absolute Gasteiger partial charge is 0.376 e. The predicted molar refractivity (Wildman–Crippen MR) is 120 cm³/mol. The minimum Gasteiger partial charge on any atom is -0.376 e. The van der Waals surface area contributed by atoms with Crippen molar-refractivity contribution in [2.45, 2.75) is 42.8 Å². The lowest BCUT2D eigenvalue weighted by Crippen LogP contribution is -2.24. The number of nitrogens with zero attached hydrogens (tertiary/aromatic N) is 3. The van der Waals surface area contributed by atoms with Crippen LogP contribution in [-0.4, -0.2) is 38.4 Å². The molecule has 1 fully saturated rings. The fraction of sp³-hybridized carbons (Fsp3) is 0.318. The van der Waals surface area contributed by atoms with Gasteiger partial charge in [-0.1, -0.05) is 53.7 Å². The molecule has 1 N–H and O–H groups in total. The van der Waals surface area contributed by atoms with E-state index in [1.54, 1.807) is 12.1 Å². The molecule has 1 aromatic carbocycles. The first-order valence-electron chi connectivity index (χ1n) is 9.92. The summed E-state index contributed by atoms with van der Waals surface area (Å²) in [5.41, 5.74) is 2.12. The predicted octanol–water partition coefficient (Wildman–Crippen LogP) is 4.90. The van der Waals surface area contributed by atoms with E-state index in [9.17, 15) is 4.79 Å². The number of ether oxygens (including phenoxy) is 1. The van der Waals surface area contributed by atoms with E-state index in [4.69, 9.17) is 16.3 Å². The lowest BCUT2D eigenvalue weighted by Gasteiger charge is -2.17. The molecule has 4 rings (SSSR count). The summed E-state index contributed by atoms with van der Waals surface area (Å²) < 4.78 is 8.02. The Labute approximate surface area is 185 Å². The highest BCUT2D eigenvalue weighted by Crippen LogP contribution is 2.30. The fourth-order valence-corrected chi connectivity index (χ4v) is 4.36. The number of hydrogen-bond donors (Lipinski definition) is 1. The highest BCUT2D eigenvalue weighted by Gasteiger charge is 2.23. The van der Waals surface area contributed by atoms with Crippen molar-refractivity contribution >= 4 is 35.1 Å². The number of pyridine rings is 1. The van der Waals surface area contributed by atoms with Gasteiger partial charge < -0.3 is 14.6 Å². The van der Waals surface area contributed by atoms with Crippen LogP contribution < -0.4 is 5.32 Å². The average Bonchev–Trinajstić information content (AvgIpc) is 3.41. The Bertz CT molecular complexity index is 988. The van der Waals surface area contributed by atoms with E-state index in [0.29, 0.717) is 10.8 Å². The van der Waals surface area contributed by atoms with E-state index in [1.165, 1.54) is 18.0 Å². The molecule has 0 bridgehead atoms. The molecule has 0 unspecified atom stereocenters. The van der Waals surface area contributed by atoms with Crippen molar-refractivity contribution < 1.29 is 9.53 Å². The molecule has 156 valence electrons. The van der Waals surface area contributed by atoms with Gasteiger partial charge in [0.1, 0.15) is 5.82 Å². The van der Waals surface area contributed by atoms with Crippen LogP contribution in [0.1, 0.15) is 19.8 Å². The number of halogens is 1. The van der Waals surface area contributed by atoms with Gasteiger partial charge in [0, 0.05) is 12.8 Å². The zero-order chi connectivity index (χ0) is 20.9. The van der Waals surface area contributed by atoms with Crippen LogP contribution >= 0.6 is 23.4 Å². The highest BCUT2D eigenvalue weighted by molar-refractivity contribution is 8.00. The maximum atomic E-state index is 12.7. The SMILES string of the molecule is C[C@@H](Sc1ncc(-c2ccccc2)n1C[C@@H]1CCCO1)C(=O)Nc1ccc(Cl)cn1. The number of nitrogens with one attached hydrogen (secondary N) is 1. The van der Waals surface area contributed by atoms with E-state index in [-0.39, 0.29) is 17.3 Å². The van der Waals surface area contributed by atoms with Crippen LogP contribution in [-0.2, 0) is 16.1 Å². The molecule has 0 radical (unpaired) electrons. The second kappa shape index (κ2) is 9.64. The second-order valence-electron chi connectivity index (χ2n) is 7.15.